The molecule has 6 heteroatoms. The molecule has 6 nitrogen and oxygen atoms in total. The fourth-order valence-electron chi connectivity index (χ4n) is 7.17. The molecule has 0 aromatic heterocycles. The Kier molecular flexibility index (Phi) is 12.2. The molecular formula is C36H58N4O2+2. The molecule has 0 saturated carbocycles. The quantitative estimate of drug-likeness (QED) is 0.127. The van der Waals surface area contributed by atoms with Crippen molar-refractivity contribution in [1.29, 1.82) is 0 Å². The Morgan fingerprint density at radius 1 is 0.548 bits per heavy atom. The van der Waals surface area contributed by atoms with Crippen LogP contribution in [-0.2, 0) is 12.8 Å². The van der Waals surface area contributed by atoms with Crippen LogP contribution in [0, 0.1) is 0 Å². The van der Waals surface area contributed by atoms with Crippen molar-refractivity contribution in [1.82, 2.24) is 0 Å². The van der Waals surface area contributed by atoms with Crippen LogP contribution in [-0.4, -0.2) is 86.0 Å². The molecule has 0 unspecified atom stereocenters. The maximum Gasteiger partial charge on any atom is 0.196 e. The van der Waals surface area contributed by atoms with E-state index in [9.17, 15) is 9.59 Å². The van der Waals surface area contributed by atoms with E-state index in [4.69, 9.17) is 0 Å². The van der Waals surface area contributed by atoms with Gasteiger partial charge in [0.2, 0.25) is 0 Å². The number of nitrogens with zero attached hydrogens (tertiary/aromatic N) is 2. The van der Waals surface area contributed by atoms with Gasteiger partial charge in [-0.05, 0) is 65.5 Å². The van der Waals surface area contributed by atoms with Gasteiger partial charge in [-0.1, -0.05) is 38.1 Å². The molecule has 0 spiro atoms. The lowest BCUT2D eigenvalue weighted by Crippen LogP contribution is -2.48. The summed E-state index contributed by atoms with van der Waals surface area (Å²) in [5.41, 5.74) is 6.27. The van der Waals surface area contributed by atoms with Crippen molar-refractivity contribution in [3.8, 4) is 0 Å². The third kappa shape index (κ3) is 6.60. The smallest absolute Gasteiger partial charge is 0.196 e. The molecule has 42 heavy (non-hydrogen) atoms. The van der Waals surface area contributed by atoms with Crippen LogP contribution in [0.1, 0.15) is 111 Å². The number of nitrogens with one attached hydrogen (secondary N) is 2. The van der Waals surface area contributed by atoms with E-state index in [0.29, 0.717) is 22.3 Å². The third-order valence-electron chi connectivity index (χ3n) is 10.5. The fraction of sp³-hybridized carbons (Fsp3) is 0.611. The van der Waals surface area contributed by atoms with Crippen molar-refractivity contribution in [2.75, 3.05) is 76.1 Å². The van der Waals surface area contributed by atoms with Crippen molar-refractivity contribution in [3.05, 3.63) is 57.6 Å². The largest absolute Gasteiger partial charge is 0.384 e. The first kappa shape index (κ1) is 33.8. The Morgan fingerprint density at radius 2 is 0.881 bits per heavy atom. The average Bonchev–Trinajstić information content (AvgIpc) is 3.04. The van der Waals surface area contributed by atoms with Crippen LogP contribution in [0.2, 0.25) is 0 Å². The second-order valence-electron chi connectivity index (χ2n) is 12.0. The summed E-state index contributed by atoms with van der Waals surface area (Å²) in [7, 11) is 0. The van der Waals surface area contributed by atoms with Gasteiger partial charge in [-0.15, -0.1) is 0 Å². The van der Waals surface area contributed by atoms with E-state index in [-0.39, 0.29) is 11.6 Å². The first-order chi connectivity index (χ1) is 20.3. The van der Waals surface area contributed by atoms with Gasteiger partial charge in [-0.25, -0.2) is 0 Å². The predicted molar refractivity (Wildman–Crippen MR) is 178 cm³/mol. The maximum absolute atomic E-state index is 14.2. The molecule has 0 atom stereocenters. The van der Waals surface area contributed by atoms with E-state index >= 15 is 0 Å². The first-order valence-corrected chi connectivity index (χ1v) is 16.8. The minimum atomic E-state index is -0.0393. The SMILES string of the molecule is CCc1c(CC)c(NCCC[N+](CC)(CC)CC)c2c(c1NCCC[N+](CC)(CC)CC)C(=O)c1ccccc1C2=O. The van der Waals surface area contributed by atoms with Gasteiger partial charge in [0.25, 0.3) is 0 Å². The van der Waals surface area contributed by atoms with Gasteiger partial charge in [0.15, 0.2) is 11.6 Å². The van der Waals surface area contributed by atoms with Gasteiger partial charge in [0.1, 0.15) is 0 Å². The standard InChI is InChI=1S/C36H56N4O2/c1-9-27-28(10-2)34(38-24-20-26-40(14-6,15-7)16-8)32-31(35(41)29-21-17-18-22-30(29)36(32)42)33(27)37-23-19-25-39(11-3,12-4)13-5/h17-18,21-22H,9-16,19-20,23-26H2,1-8H3/p+2. The van der Waals surface area contributed by atoms with Crippen molar-refractivity contribution < 1.29 is 18.6 Å². The molecule has 1 aliphatic rings. The number of ketones is 2. The lowest BCUT2D eigenvalue weighted by atomic mass is 9.78. The minimum absolute atomic E-state index is 0.0393. The number of carbonyl (C=O) groups is 2. The zero-order valence-electron chi connectivity index (χ0n) is 27.9. The number of benzene rings is 2. The molecule has 2 aromatic carbocycles. The first-order valence-electron chi connectivity index (χ1n) is 16.8. The van der Waals surface area contributed by atoms with Gasteiger partial charge >= 0.3 is 0 Å². The number of quaternary nitrogens is 2. The number of rotatable bonds is 18. The molecule has 0 amide bonds. The summed E-state index contributed by atoms with van der Waals surface area (Å²) in [6, 6.07) is 7.34. The van der Waals surface area contributed by atoms with E-state index in [2.05, 4.69) is 66.0 Å². The Balaban J connectivity index is 2.05. The topological polar surface area (TPSA) is 58.2 Å². The van der Waals surface area contributed by atoms with E-state index in [1.165, 1.54) is 11.1 Å². The van der Waals surface area contributed by atoms with Crippen LogP contribution < -0.4 is 10.6 Å². The maximum atomic E-state index is 14.2. The van der Waals surface area contributed by atoms with Gasteiger partial charge in [-0.2, -0.15) is 0 Å². The predicted octanol–water partition coefficient (Wildman–Crippen LogP) is 6.94. The van der Waals surface area contributed by atoms with Crippen LogP contribution in [0.15, 0.2) is 24.3 Å². The van der Waals surface area contributed by atoms with Gasteiger partial charge < -0.3 is 19.6 Å². The van der Waals surface area contributed by atoms with Gasteiger partial charge in [0, 0.05) is 48.4 Å². The lowest BCUT2D eigenvalue weighted by Gasteiger charge is -2.36. The van der Waals surface area contributed by atoms with Crippen molar-refractivity contribution >= 4 is 22.9 Å². The highest BCUT2D eigenvalue weighted by Gasteiger charge is 2.37. The summed E-state index contributed by atoms with van der Waals surface area (Å²) in [6.45, 7) is 28.5. The van der Waals surface area contributed by atoms with E-state index in [1.807, 2.05) is 24.3 Å². The van der Waals surface area contributed by atoms with Crippen molar-refractivity contribution in [2.45, 2.75) is 81.1 Å². The van der Waals surface area contributed by atoms with Crippen molar-refractivity contribution in [2.24, 2.45) is 0 Å². The molecule has 0 radical (unpaired) electrons. The number of hydrogen-bond donors (Lipinski definition) is 2. The number of hydrogen-bond acceptors (Lipinski definition) is 4. The summed E-state index contributed by atoms with van der Waals surface area (Å²) in [5, 5.41) is 7.44. The molecule has 0 fully saturated rings. The second-order valence-corrected chi connectivity index (χ2v) is 12.0. The highest BCUT2D eigenvalue weighted by Crippen LogP contribution is 2.42. The normalized spacial score (nSPS) is 13.2. The fourth-order valence-corrected chi connectivity index (χ4v) is 7.17. The molecule has 2 N–H and O–H groups in total. The molecule has 0 aliphatic heterocycles. The molecule has 0 bridgehead atoms. The average molecular weight is 579 g/mol. The van der Waals surface area contributed by atoms with Gasteiger partial charge in [0.05, 0.1) is 63.5 Å². The zero-order chi connectivity index (χ0) is 30.9. The lowest BCUT2D eigenvalue weighted by molar-refractivity contribution is -0.923. The molecule has 2 aromatic rings. The summed E-state index contributed by atoms with van der Waals surface area (Å²) < 4.78 is 2.20. The van der Waals surface area contributed by atoms with Crippen LogP contribution in [0.4, 0.5) is 11.4 Å². The zero-order valence-corrected chi connectivity index (χ0v) is 27.9. The number of anilines is 2. The third-order valence-corrected chi connectivity index (χ3v) is 10.5. The number of carbonyl (C=O) groups excluding carboxylic acids is 2. The highest BCUT2D eigenvalue weighted by molar-refractivity contribution is 6.32. The summed E-state index contributed by atoms with van der Waals surface area (Å²) in [5.74, 6) is -0.0786. The monoisotopic (exact) mass is 578 g/mol. The Labute approximate surface area is 256 Å². The van der Waals surface area contributed by atoms with Crippen LogP contribution >= 0.6 is 0 Å². The molecular weight excluding hydrogens is 520 g/mol. The second kappa shape index (κ2) is 15.2. The van der Waals surface area contributed by atoms with Crippen molar-refractivity contribution in [3.63, 3.8) is 0 Å². The Bertz CT molecular complexity index is 1120. The molecule has 0 saturated heterocycles. The van der Waals surface area contributed by atoms with E-state index in [1.54, 1.807) is 0 Å². The van der Waals surface area contributed by atoms with Crippen LogP contribution in [0.5, 0.6) is 0 Å². The Morgan fingerprint density at radius 3 is 1.17 bits per heavy atom. The highest BCUT2D eigenvalue weighted by atomic mass is 16.1. The summed E-state index contributed by atoms with van der Waals surface area (Å²) in [6.07, 6.45) is 3.63. The van der Waals surface area contributed by atoms with E-state index in [0.717, 1.165) is 111 Å². The van der Waals surface area contributed by atoms with Crippen LogP contribution in [0.25, 0.3) is 0 Å². The summed E-state index contributed by atoms with van der Waals surface area (Å²) in [4.78, 5) is 28.4. The summed E-state index contributed by atoms with van der Waals surface area (Å²) >= 11 is 0. The molecule has 0 heterocycles. The molecule has 232 valence electrons. The molecule has 1 aliphatic carbocycles. The Hall–Kier alpha value is -2.70. The van der Waals surface area contributed by atoms with E-state index < -0.39 is 0 Å². The molecule has 3 rings (SSSR count). The van der Waals surface area contributed by atoms with Gasteiger partial charge in [-0.3, -0.25) is 9.59 Å². The number of fused-ring (bicyclic) bond motifs is 2. The van der Waals surface area contributed by atoms with Crippen LogP contribution in [0.3, 0.4) is 0 Å². The minimum Gasteiger partial charge on any atom is -0.384 e.